The number of carbonyl (C=O) groups excluding carboxylic acids is 1. The summed E-state index contributed by atoms with van der Waals surface area (Å²) in [5.41, 5.74) is 0. The lowest BCUT2D eigenvalue weighted by atomic mass is 10.0. The van der Waals surface area contributed by atoms with Crippen LogP contribution in [0.1, 0.15) is 39.5 Å². The third kappa shape index (κ3) is 10.2. The largest absolute Gasteiger partial charge is 0.469 e. The molecule has 10 nitrogen and oxygen atoms in total. The van der Waals surface area contributed by atoms with Gasteiger partial charge in [0.25, 0.3) is 0 Å². The van der Waals surface area contributed by atoms with Gasteiger partial charge >= 0.3 is 13.8 Å². The summed E-state index contributed by atoms with van der Waals surface area (Å²) in [5.74, 6) is -1.05. The topological polar surface area (TPSA) is 174 Å². The van der Waals surface area contributed by atoms with E-state index in [-0.39, 0.29) is 12.5 Å². The molecule has 11 heteroatoms. The number of aliphatic hydroxyl groups is 4. The minimum atomic E-state index is -4.87. The van der Waals surface area contributed by atoms with Crippen LogP contribution in [0.15, 0.2) is 0 Å². The van der Waals surface area contributed by atoms with Crippen molar-refractivity contribution in [3.63, 3.8) is 0 Å². The van der Waals surface area contributed by atoms with Crippen molar-refractivity contribution in [2.45, 2.75) is 63.9 Å². The highest BCUT2D eigenvalue weighted by atomic mass is 31.2. The second-order valence-corrected chi connectivity index (χ2v) is 7.07. The Morgan fingerprint density at radius 3 is 2.12 bits per heavy atom. The molecule has 25 heavy (non-hydrogen) atoms. The van der Waals surface area contributed by atoms with Crippen molar-refractivity contribution >= 4 is 13.8 Å². The number of phosphoric ester groups is 1. The molecule has 150 valence electrons. The van der Waals surface area contributed by atoms with Crippen LogP contribution in [0.3, 0.4) is 0 Å². The summed E-state index contributed by atoms with van der Waals surface area (Å²) >= 11 is 0. The van der Waals surface area contributed by atoms with Crippen LogP contribution in [0.4, 0.5) is 0 Å². The minimum Gasteiger partial charge on any atom is -0.463 e. The van der Waals surface area contributed by atoms with E-state index in [4.69, 9.17) is 14.5 Å². The zero-order chi connectivity index (χ0) is 19.6. The normalized spacial score (nSPS) is 18.2. The van der Waals surface area contributed by atoms with E-state index in [2.05, 4.69) is 4.52 Å². The highest BCUT2D eigenvalue weighted by Crippen LogP contribution is 2.35. The molecule has 0 heterocycles. The Morgan fingerprint density at radius 1 is 1.04 bits per heavy atom. The van der Waals surface area contributed by atoms with Crippen molar-refractivity contribution in [2.75, 3.05) is 13.2 Å². The minimum absolute atomic E-state index is 0.0546. The van der Waals surface area contributed by atoms with E-state index in [1.165, 1.54) is 0 Å². The molecule has 0 spiro atoms. The van der Waals surface area contributed by atoms with Gasteiger partial charge in [-0.3, -0.25) is 4.52 Å². The molecular weight excluding hydrogens is 359 g/mol. The standard InChI is InChI=1S/C14H29O10P/c1-3-5-6-9(4-2)7-23-14(19)13(18)12(17)11(16)10(15)8-24-25(20,21)22/h9-13,15-18H,3-8H2,1-2H3,(H2,20,21,22)/t9?,10-,11-,12+,13-/m1/s1. The van der Waals surface area contributed by atoms with E-state index in [9.17, 15) is 29.8 Å². The van der Waals surface area contributed by atoms with E-state index in [0.29, 0.717) is 0 Å². The number of hydrogen-bond acceptors (Lipinski definition) is 8. The third-order valence-electron chi connectivity index (χ3n) is 3.73. The smallest absolute Gasteiger partial charge is 0.463 e. The molecule has 0 aliphatic rings. The molecular formula is C14H29O10P. The summed E-state index contributed by atoms with van der Waals surface area (Å²) in [4.78, 5) is 28.7. The number of ether oxygens (including phenoxy) is 1. The quantitative estimate of drug-likeness (QED) is 0.175. The molecule has 1 unspecified atom stereocenters. The number of hydrogen-bond donors (Lipinski definition) is 6. The van der Waals surface area contributed by atoms with Gasteiger partial charge in [0.05, 0.1) is 13.2 Å². The fourth-order valence-corrected chi connectivity index (χ4v) is 2.36. The molecule has 0 saturated carbocycles. The molecule has 6 N–H and O–H groups in total. The molecule has 0 aromatic carbocycles. The number of phosphoric acid groups is 1. The molecule has 0 radical (unpaired) electrons. The number of carbonyl (C=O) groups is 1. The number of aliphatic hydroxyl groups excluding tert-OH is 4. The molecule has 0 fully saturated rings. The van der Waals surface area contributed by atoms with Crippen LogP contribution in [-0.4, -0.2) is 73.8 Å². The fourth-order valence-electron chi connectivity index (χ4n) is 2.01. The van der Waals surface area contributed by atoms with Crippen LogP contribution >= 0.6 is 7.82 Å². The van der Waals surface area contributed by atoms with Crippen molar-refractivity contribution in [3.05, 3.63) is 0 Å². The van der Waals surface area contributed by atoms with E-state index in [0.717, 1.165) is 25.7 Å². The van der Waals surface area contributed by atoms with E-state index in [1.807, 2.05) is 13.8 Å². The Labute approximate surface area is 146 Å². The lowest BCUT2D eigenvalue weighted by molar-refractivity contribution is -0.171. The summed E-state index contributed by atoms with van der Waals surface area (Å²) in [7, 11) is -4.87. The molecule has 0 rings (SSSR count). The Hall–Kier alpha value is -0.580. The maximum atomic E-state index is 11.7. The Morgan fingerprint density at radius 2 is 1.64 bits per heavy atom. The predicted molar refractivity (Wildman–Crippen MR) is 86.3 cm³/mol. The monoisotopic (exact) mass is 388 g/mol. The lowest BCUT2D eigenvalue weighted by Gasteiger charge is -2.26. The number of unbranched alkanes of at least 4 members (excludes halogenated alkanes) is 1. The maximum absolute atomic E-state index is 11.7. The van der Waals surface area contributed by atoms with Crippen molar-refractivity contribution in [1.29, 1.82) is 0 Å². The molecule has 0 saturated heterocycles. The summed E-state index contributed by atoms with van der Waals surface area (Å²) in [6, 6.07) is 0. The van der Waals surface area contributed by atoms with Gasteiger partial charge in [-0.15, -0.1) is 0 Å². The second kappa shape index (κ2) is 11.9. The number of rotatable bonds is 13. The fraction of sp³-hybridized carbons (Fsp3) is 0.929. The molecule has 5 atom stereocenters. The molecule has 0 bridgehead atoms. The first-order valence-electron chi connectivity index (χ1n) is 8.12. The third-order valence-corrected chi connectivity index (χ3v) is 4.21. The highest BCUT2D eigenvalue weighted by Gasteiger charge is 2.36. The molecule has 0 aromatic rings. The average Bonchev–Trinajstić information content (AvgIpc) is 2.56. The molecule has 0 aromatic heterocycles. The van der Waals surface area contributed by atoms with Crippen LogP contribution < -0.4 is 0 Å². The Kier molecular flexibility index (Phi) is 11.6. The van der Waals surface area contributed by atoms with Gasteiger partial charge in [-0.25, -0.2) is 9.36 Å². The van der Waals surface area contributed by atoms with Crippen molar-refractivity contribution in [3.8, 4) is 0 Å². The second-order valence-electron chi connectivity index (χ2n) is 5.83. The van der Waals surface area contributed by atoms with Crippen molar-refractivity contribution in [1.82, 2.24) is 0 Å². The highest BCUT2D eigenvalue weighted by molar-refractivity contribution is 7.46. The summed E-state index contributed by atoms with van der Waals surface area (Å²) in [6.07, 6.45) is -4.67. The molecule has 0 aliphatic carbocycles. The van der Waals surface area contributed by atoms with Crippen molar-refractivity contribution in [2.24, 2.45) is 5.92 Å². The number of esters is 1. The Bertz CT molecular complexity index is 426. The van der Waals surface area contributed by atoms with E-state index < -0.39 is 44.8 Å². The SMILES string of the molecule is CCCCC(CC)COC(=O)[C@H](O)[C@@H](O)[C@H](O)[C@H](O)COP(=O)(O)O. The summed E-state index contributed by atoms with van der Waals surface area (Å²) in [6.45, 7) is 3.01. The van der Waals surface area contributed by atoms with Gasteiger partial charge in [0.1, 0.15) is 18.3 Å². The van der Waals surface area contributed by atoms with Crippen LogP contribution in [0.5, 0.6) is 0 Å². The van der Waals surface area contributed by atoms with Crippen LogP contribution in [0.25, 0.3) is 0 Å². The first-order valence-corrected chi connectivity index (χ1v) is 9.65. The molecule has 0 amide bonds. The maximum Gasteiger partial charge on any atom is 0.469 e. The van der Waals surface area contributed by atoms with Crippen LogP contribution in [0.2, 0.25) is 0 Å². The molecule has 0 aliphatic heterocycles. The van der Waals surface area contributed by atoms with Crippen molar-refractivity contribution < 1.29 is 48.8 Å². The predicted octanol–water partition coefficient (Wildman–Crippen LogP) is -0.701. The summed E-state index contributed by atoms with van der Waals surface area (Å²) < 4.78 is 19.4. The van der Waals surface area contributed by atoms with E-state index >= 15 is 0 Å². The van der Waals surface area contributed by atoms with Gasteiger partial charge in [-0.2, -0.15) is 0 Å². The summed E-state index contributed by atoms with van der Waals surface area (Å²) in [5, 5.41) is 38.6. The van der Waals surface area contributed by atoms with Gasteiger partial charge < -0.3 is 34.9 Å². The van der Waals surface area contributed by atoms with Gasteiger partial charge in [0.15, 0.2) is 6.10 Å². The lowest BCUT2D eigenvalue weighted by Crippen LogP contribution is -2.49. The van der Waals surface area contributed by atoms with Gasteiger partial charge in [-0.05, 0) is 12.3 Å². The van der Waals surface area contributed by atoms with E-state index in [1.54, 1.807) is 0 Å². The zero-order valence-electron chi connectivity index (χ0n) is 14.4. The van der Waals surface area contributed by atoms with Crippen LogP contribution in [0, 0.1) is 5.92 Å². The van der Waals surface area contributed by atoms with Gasteiger partial charge in [0.2, 0.25) is 0 Å². The van der Waals surface area contributed by atoms with Gasteiger partial charge in [-0.1, -0.05) is 33.1 Å². The zero-order valence-corrected chi connectivity index (χ0v) is 15.3. The van der Waals surface area contributed by atoms with Crippen LogP contribution in [-0.2, 0) is 18.6 Å². The first kappa shape index (κ1) is 24.4. The average molecular weight is 388 g/mol. The Balaban J connectivity index is 4.46. The van der Waals surface area contributed by atoms with Gasteiger partial charge in [0, 0.05) is 0 Å². The first-order chi connectivity index (χ1) is 11.5.